The summed E-state index contributed by atoms with van der Waals surface area (Å²) in [6, 6.07) is 7.99. The molecule has 4 rings (SSSR count). The van der Waals surface area contributed by atoms with Gasteiger partial charge in [-0.05, 0) is 55.2 Å². The zero-order valence-electron chi connectivity index (χ0n) is 21.9. The fourth-order valence-corrected chi connectivity index (χ4v) is 4.34. The first-order valence-electron chi connectivity index (χ1n) is 12.8. The highest BCUT2D eigenvalue weighted by molar-refractivity contribution is 5.96. The van der Waals surface area contributed by atoms with E-state index in [4.69, 9.17) is 15.6 Å². The molecule has 0 spiro atoms. The predicted octanol–water partition coefficient (Wildman–Crippen LogP) is 4.21. The number of halogens is 2. The van der Waals surface area contributed by atoms with Gasteiger partial charge in [0.05, 0.1) is 25.6 Å². The molecule has 0 aliphatic heterocycles. The van der Waals surface area contributed by atoms with Crippen LogP contribution < -0.4 is 21.1 Å². The third kappa shape index (κ3) is 6.15. The van der Waals surface area contributed by atoms with Gasteiger partial charge in [0.2, 0.25) is 5.82 Å². The van der Waals surface area contributed by atoms with Crippen LogP contribution in [0.3, 0.4) is 0 Å². The SMILES string of the molecule is CCc1cc(Nc2nccn3c(-c4ccc(OC)c(F)c4F)cnc23)ccc1C(=O)NCCCC[C@H](N)CO. The summed E-state index contributed by atoms with van der Waals surface area (Å²) in [7, 11) is 1.28. The van der Waals surface area contributed by atoms with Crippen molar-refractivity contribution in [3.63, 3.8) is 0 Å². The molecule has 39 heavy (non-hydrogen) atoms. The molecule has 0 radical (unpaired) electrons. The van der Waals surface area contributed by atoms with E-state index in [1.54, 1.807) is 22.7 Å². The van der Waals surface area contributed by atoms with Gasteiger partial charge in [-0.15, -0.1) is 0 Å². The van der Waals surface area contributed by atoms with Crippen molar-refractivity contribution in [3.8, 4) is 17.0 Å². The first-order chi connectivity index (χ1) is 18.9. The number of unbranched alkanes of at least 4 members (excludes halogenated alkanes) is 1. The van der Waals surface area contributed by atoms with E-state index in [1.165, 1.54) is 31.6 Å². The molecular formula is C28H32F2N6O3. The number of fused-ring (bicyclic) bond motifs is 1. The largest absolute Gasteiger partial charge is 0.494 e. The third-order valence-electron chi connectivity index (χ3n) is 6.49. The number of imidazole rings is 1. The van der Waals surface area contributed by atoms with Crippen molar-refractivity contribution >= 4 is 23.1 Å². The number of anilines is 2. The molecule has 2 aromatic heterocycles. The van der Waals surface area contributed by atoms with Crippen molar-refractivity contribution in [2.45, 2.75) is 38.6 Å². The topological polar surface area (TPSA) is 127 Å². The lowest BCUT2D eigenvalue weighted by Gasteiger charge is -2.13. The maximum Gasteiger partial charge on any atom is 0.251 e. The Bertz CT molecular complexity index is 1460. The summed E-state index contributed by atoms with van der Waals surface area (Å²) >= 11 is 0. The van der Waals surface area contributed by atoms with E-state index in [0.717, 1.165) is 18.4 Å². The first-order valence-corrected chi connectivity index (χ1v) is 12.8. The van der Waals surface area contributed by atoms with Gasteiger partial charge in [-0.1, -0.05) is 13.3 Å². The van der Waals surface area contributed by atoms with Crippen molar-refractivity contribution < 1.29 is 23.4 Å². The number of hydrogen-bond acceptors (Lipinski definition) is 7. The van der Waals surface area contributed by atoms with Gasteiger partial charge in [0, 0.05) is 41.8 Å². The predicted molar refractivity (Wildman–Crippen MR) is 145 cm³/mol. The van der Waals surface area contributed by atoms with E-state index in [0.29, 0.717) is 47.8 Å². The molecule has 1 atom stereocenters. The molecule has 2 heterocycles. The van der Waals surface area contributed by atoms with E-state index >= 15 is 0 Å². The average molecular weight is 539 g/mol. The molecular weight excluding hydrogens is 506 g/mol. The number of nitrogens with two attached hydrogens (primary N) is 1. The van der Waals surface area contributed by atoms with E-state index < -0.39 is 11.6 Å². The van der Waals surface area contributed by atoms with Gasteiger partial charge >= 0.3 is 0 Å². The molecule has 4 aromatic rings. The molecule has 9 nitrogen and oxygen atoms in total. The number of aromatic nitrogens is 3. The number of ether oxygens (including phenoxy) is 1. The van der Waals surface area contributed by atoms with Gasteiger partial charge in [-0.25, -0.2) is 14.4 Å². The van der Waals surface area contributed by atoms with E-state index in [1.807, 2.05) is 13.0 Å². The molecule has 2 aromatic carbocycles. The van der Waals surface area contributed by atoms with Crippen molar-refractivity contribution in [2.24, 2.45) is 5.73 Å². The number of nitrogens with zero attached hydrogens (tertiary/aromatic N) is 3. The molecule has 206 valence electrons. The van der Waals surface area contributed by atoms with E-state index in [2.05, 4.69) is 20.6 Å². The lowest BCUT2D eigenvalue weighted by Crippen LogP contribution is -2.27. The van der Waals surface area contributed by atoms with Crippen molar-refractivity contribution in [1.82, 2.24) is 19.7 Å². The first kappa shape index (κ1) is 27.9. The summed E-state index contributed by atoms with van der Waals surface area (Å²) in [5.41, 5.74) is 8.66. The van der Waals surface area contributed by atoms with Gasteiger partial charge in [-0.2, -0.15) is 4.39 Å². The summed E-state index contributed by atoms with van der Waals surface area (Å²) in [6.07, 6.45) is 7.54. The number of aliphatic hydroxyl groups excluding tert-OH is 1. The van der Waals surface area contributed by atoms with Gasteiger partial charge in [0.15, 0.2) is 23.0 Å². The number of rotatable bonds is 12. The van der Waals surface area contributed by atoms with Crippen molar-refractivity contribution in [3.05, 3.63) is 71.7 Å². The number of nitrogens with one attached hydrogen (secondary N) is 2. The maximum absolute atomic E-state index is 14.8. The lowest BCUT2D eigenvalue weighted by atomic mass is 10.0. The highest BCUT2D eigenvalue weighted by atomic mass is 19.2. The monoisotopic (exact) mass is 538 g/mol. The minimum atomic E-state index is -1.07. The van der Waals surface area contributed by atoms with Gasteiger partial charge in [-0.3, -0.25) is 9.20 Å². The Balaban J connectivity index is 1.51. The number of benzene rings is 2. The summed E-state index contributed by atoms with van der Waals surface area (Å²) in [6.45, 7) is 2.45. The van der Waals surface area contributed by atoms with Crippen LogP contribution in [-0.2, 0) is 6.42 Å². The Morgan fingerprint density at radius 1 is 1.18 bits per heavy atom. The fourth-order valence-electron chi connectivity index (χ4n) is 4.34. The van der Waals surface area contributed by atoms with Crippen LogP contribution in [0.5, 0.6) is 5.75 Å². The van der Waals surface area contributed by atoms with Gasteiger partial charge in [0.1, 0.15) is 0 Å². The molecule has 0 unspecified atom stereocenters. The molecule has 5 N–H and O–H groups in total. The smallest absolute Gasteiger partial charge is 0.251 e. The summed E-state index contributed by atoms with van der Waals surface area (Å²) in [5, 5.41) is 15.2. The number of aliphatic hydroxyl groups is 1. The van der Waals surface area contributed by atoms with Crippen LogP contribution in [0.4, 0.5) is 20.3 Å². The summed E-state index contributed by atoms with van der Waals surface area (Å²) in [5.74, 6) is -2.02. The van der Waals surface area contributed by atoms with Crippen LogP contribution in [0.2, 0.25) is 0 Å². The van der Waals surface area contributed by atoms with Crippen LogP contribution in [0, 0.1) is 11.6 Å². The minimum absolute atomic E-state index is 0.0397. The van der Waals surface area contributed by atoms with Crippen LogP contribution in [0.15, 0.2) is 48.9 Å². The van der Waals surface area contributed by atoms with Crippen molar-refractivity contribution in [2.75, 3.05) is 25.6 Å². The zero-order chi connectivity index (χ0) is 27.9. The molecule has 0 aliphatic rings. The number of methoxy groups -OCH3 is 1. The van der Waals surface area contributed by atoms with Crippen LogP contribution in [0.1, 0.15) is 42.1 Å². The standard InChI is InChI=1S/C28H32F2N6O3/c1-3-17-14-19(7-8-20(17)28(38)33-11-5-4-6-18(31)16-37)35-26-27-34-15-22(36(27)13-12-32-26)21-9-10-23(39-2)25(30)24(21)29/h7-10,12-15,18,37H,3-6,11,16,31H2,1-2H3,(H,32,35)(H,33,38)/t18-/m0/s1. The van der Waals surface area contributed by atoms with Gasteiger partial charge < -0.3 is 26.2 Å². The second kappa shape index (κ2) is 12.6. The van der Waals surface area contributed by atoms with Crippen molar-refractivity contribution in [1.29, 1.82) is 0 Å². The van der Waals surface area contributed by atoms with Crippen LogP contribution in [0.25, 0.3) is 16.9 Å². The second-order valence-electron chi connectivity index (χ2n) is 9.10. The third-order valence-corrected chi connectivity index (χ3v) is 6.49. The number of aryl methyl sites for hydroxylation is 1. The number of carbonyl (C=O) groups excluding carboxylic acids is 1. The minimum Gasteiger partial charge on any atom is -0.494 e. The Morgan fingerprint density at radius 3 is 2.74 bits per heavy atom. The highest BCUT2D eigenvalue weighted by Crippen LogP contribution is 2.31. The molecule has 0 saturated heterocycles. The molecule has 0 saturated carbocycles. The van der Waals surface area contributed by atoms with Crippen LogP contribution >= 0.6 is 0 Å². The Labute approximate surface area is 225 Å². The highest BCUT2D eigenvalue weighted by Gasteiger charge is 2.19. The molecule has 0 fully saturated rings. The van der Waals surface area contributed by atoms with E-state index in [9.17, 15) is 13.6 Å². The maximum atomic E-state index is 14.8. The normalized spacial score (nSPS) is 11.9. The number of carbonyl (C=O) groups is 1. The summed E-state index contributed by atoms with van der Waals surface area (Å²) < 4.78 is 35.6. The zero-order valence-corrected chi connectivity index (χ0v) is 21.9. The van der Waals surface area contributed by atoms with E-state index in [-0.39, 0.29) is 29.9 Å². The van der Waals surface area contributed by atoms with Crippen LogP contribution in [-0.4, -0.2) is 51.7 Å². The fraction of sp³-hybridized carbons (Fsp3) is 0.321. The quantitative estimate of drug-likeness (QED) is 0.199. The number of amides is 1. The number of hydrogen-bond donors (Lipinski definition) is 4. The molecule has 1 amide bonds. The molecule has 11 heteroatoms. The Hall–Kier alpha value is -4.09. The lowest BCUT2D eigenvalue weighted by molar-refractivity contribution is 0.0952. The van der Waals surface area contributed by atoms with Gasteiger partial charge in [0.25, 0.3) is 5.91 Å². The average Bonchev–Trinajstić information content (AvgIpc) is 3.38. The second-order valence-corrected chi connectivity index (χ2v) is 9.10. The Morgan fingerprint density at radius 2 is 2.00 bits per heavy atom. The molecule has 0 aliphatic carbocycles. The molecule has 0 bridgehead atoms. The summed E-state index contributed by atoms with van der Waals surface area (Å²) in [4.78, 5) is 21.5. The Kier molecular flexibility index (Phi) is 9.05.